The highest BCUT2D eigenvalue weighted by atomic mass is 35.5. The number of carbonyl (C=O) groups is 1. The number of hydrogen-bond acceptors (Lipinski definition) is 4. The van der Waals surface area contributed by atoms with Gasteiger partial charge in [0.15, 0.2) is 0 Å². The molecule has 0 fully saturated rings. The van der Waals surface area contributed by atoms with Crippen LogP contribution in [0.3, 0.4) is 0 Å². The van der Waals surface area contributed by atoms with E-state index >= 15 is 0 Å². The first-order valence-corrected chi connectivity index (χ1v) is 10.0. The summed E-state index contributed by atoms with van der Waals surface area (Å²) in [5.41, 5.74) is 1.21. The van der Waals surface area contributed by atoms with Gasteiger partial charge in [-0.25, -0.2) is 17.8 Å². The maximum atomic E-state index is 13.3. The lowest BCUT2D eigenvalue weighted by Crippen LogP contribution is -2.17. The fourth-order valence-electron chi connectivity index (χ4n) is 2.98. The van der Waals surface area contributed by atoms with E-state index in [4.69, 9.17) is 11.6 Å². The van der Waals surface area contributed by atoms with Gasteiger partial charge in [-0.2, -0.15) is 0 Å². The number of carbonyl (C=O) groups excluding carboxylic acids is 1. The Morgan fingerprint density at radius 1 is 1.19 bits per heavy atom. The van der Waals surface area contributed by atoms with Crippen molar-refractivity contribution in [2.24, 2.45) is 0 Å². The summed E-state index contributed by atoms with van der Waals surface area (Å²) in [7, 11) is -3.56. The Labute approximate surface area is 159 Å². The Morgan fingerprint density at radius 3 is 2.63 bits per heavy atom. The summed E-state index contributed by atoms with van der Waals surface area (Å²) in [6.07, 6.45) is 0. The summed E-state index contributed by atoms with van der Waals surface area (Å²) in [5, 5.41) is 3.01. The van der Waals surface area contributed by atoms with Crippen LogP contribution in [-0.4, -0.2) is 29.6 Å². The average Bonchev–Trinajstić information content (AvgIpc) is 3.13. The molecule has 1 aliphatic heterocycles. The minimum atomic E-state index is -3.56. The highest BCUT2D eigenvalue weighted by Gasteiger charge is 2.35. The van der Waals surface area contributed by atoms with Crippen molar-refractivity contribution in [3.63, 3.8) is 0 Å². The number of imidazole rings is 1. The van der Waals surface area contributed by atoms with E-state index in [9.17, 15) is 17.6 Å². The van der Waals surface area contributed by atoms with Gasteiger partial charge in [0, 0.05) is 22.8 Å². The maximum absolute atomic E-state index is 13.3. The number of nitrogens with zero attached hydrogens (tertiary/aromatic N) is 2. The van der Waals surface area contributed by atoms with Crippen molar-refractivity contribution in [3.05, 3.63) is 65.1 Å². The van der Waals surface area contributed by atoms with Crippen LogP contribution in [0.25, 0.3) is 11.3 Å². The minimum Gasteiger partial charge on any atom is -0.321 e. The molecule has 138 valence electrons. The van der Waals surface area contributed by atoms with Gasteiger partial charge in [0.25, 0.3) is 5.91 Å². The molecule has 0 unspecified atom stereocenters. The zero-order valence-electron chi connectivity index (χ0n) is 13.8. The van der Waals surface area contributed by atoms with Crippen LogP contribution in [0.5, 0.6) is 0 Å². The minimum absolute atomic E-state index is 0.109. The molecule has 1 aromatic heterocycles. The number of benzene rings is 2. The molecule has 4 rings (SSSR count). The monoisotopic (exact) mass is 405 g/mol. The van der Waals surface area contributed by atoms with Crippen molar-refractivity contribution in [1.82, 2.24) is 9.55 Å². The lowest BCUT2D eigenvalue weighted by atomic mass is 10.1. The van der Waals surface area contributed by atoms with Crippen molar-refractivity contribution in [3.8, 4) is 11.3 Å². The van der Waals surface area contributed by atoms with Crippen LogP contribution in [0.1, 0.15) is 10.5 Å². The third kappa shape index (κ3) is 3.22. The fourth-order valence-corrected chi connectivity index (χ4v) is 4.52. The zero-order chi connectivity index (χ0) is 19.2. The summed E-state index contributed by atoms with van der Waals surface area (Å²) < 4.78 is 39.1. The molecule has 2 aromatic carbocycles. The molecule has 1 amide bonds. The lowest BCUT2D eigenvalue weighted by molar-refractivity contribution is 0.101. The summed E-state index contributed by atoms with van der Waals surface area (Å²) >= 11 is 5.94. The Bertz CT molecular complexity index is 1160. The van der Waals surface area contributed by atoms with Crippen LogP contribution in [-0.2, 0) is 16.4 Å². The van der Waals surface area contributed by atoms with Crippen molar-refractivity contribution in [1.29, 1.82) is 0 Å². The molecule has 0 atom stereocenters. The second-order valence-corrected chi connectivity index (χ2v) is 8.47. The second kappa shape index (κ2) is 6.47. The number of sulfone groups is 1. The summed E-state index contributed by atoms with van der Waals surface area (Å²) in [6, 6.07) is 12.0. The van der Waals surface area contributed by atoms with Gasteiger partial charge in [0.05, 0.1) is 5.75 Å². The van der Waals surface area contributed by atoms with Gasteiger partial charge in [0.1, 0.15) is 17.2 Å². The molecule has 0 radical (unpaired) electrons. The Balaban J connectivity index is 1.83. The van der Waals surface area contributed by atoms with E-state index in [0.717, 1.165) is 0 Å². The Kier molecular flexibility index (Phi) is 4.24. The quantitative estimate of drug-likeness (QED) is 0.724. The normalized spacial score (nSPS) is 14.7. The molecule has 2 heterocycles. The number of amides is 1. The molecule has 9 heteroatoms. The average molecular weight is 406 g/mol. The van der Waals surface area contributed by atoms with E-state index in [0.29, 0.717) is 16.3 Å². The van der Waals surface area contributed by atoms with Crippen molar-refractivity contribution in [2.45, 2.75) is 11.7 Å². The Morgan fingerprint density at radius 2 is 1.93 bits per heavy atom. The Hall–Kier alpha value is -2.71. The van der Waals surface area contributed by atoms with E-state index in [-0.39, 0.29) is 28.8 Å². The van der Waals surface area contributed by atoms with E-state index in [2.05, 4.69) is 10.3 Å². The molecule has 0 saturated carbocycles. The standard InChI is InChI=1S/C18H13ClFN3O3S/c19-12-2-1-3-14(10-12)21-17(24)16-15(11-4-6-13(20)7-5-11)22-18-23(16)8-9-27(18,25)26/h1-7,10H,8-9H2,(H,21,24). The molecular formula is C18H13ClFN3O3S. The van der Waals surface area contributed by atoms with Gasteiger partial charge < -0.3 is 9.88 Å². The molecule has 0 bridgehead atoms. The molecular weight excluding hydrogens is 393 g/mol. The van der Waals surface area contributed by atoms with Crippen LogP contribution in [0.2, 0.25) is 5.02 Å². The molecule has 1 N–H and O–H groups in total. The third-order valence-electron chi connectivity index (χ3n) is 4.21. The van der Waals surface area contributed by atoms with Crippen LogP contribution in [0.4, 0.5) is 10.1 Å². The number of fused-ring (bicyclic) bond motifs is 1. The highest BCUT2D eigenvalue weighted by molar-refractivity contribution is 7.91. The number of halogens is 2. The summed E-state index contributed by atoms with van der Waals surface area (Å²) in [4.78, 5) is 17.1. The molecule has 6 nitrogen and oxygen atoms in total. The molecule has 1 aliphatic rings. The van der Waals surface area contributed by atoms with Crippen molar-refractivity contribution in [2.75, 3.05) is 11.1 Å². The first kappa shape index (κ1) is 17.7. The number of aromatic nitrogens is 2. The number of rotatable bonds is 3. The van der Waals surface area contributed by atoms with Gasteiger partial charge in [-0.3, -0.25) is 4.79 Å². The summed E-state index contributed by atoms with van der Waals surface area (Å²) in [6.45, 7) is 0.129. The SMILES string of the molecule is O=C(Nc1cccc(Cl)c1)c1c(-c2ccc(F)cc2)nc2n1CCS2(=O)=O. The van der Waals surface area contributed by atoms with Crippen molar-refractivity contribution < 1.29 is 17.6 Å². The number of hydrogen-bond donors (Lipinski definition) is 1. The highest BCUT2D eigenvalue weighted by Crippen LogP contribution is 2.31. The number of nitrogens with one attached hydrogen (secondary N) is 1. The largest absolute Gasteiger partial charge is 0.321 e. The lowest BCUT2D eigenvalue weighted by Gasteiger charge is -2.09. The van der Waals surface area contributed by atoms with Gasteiger partial charge >= 0.3 is 0 Å². The smallest absolute Gasteiger partial charge is 0.274 e. The van der Waals surface area contributed by atoms with Crippen LogP contribution in [0, 0.1) is 5.82 Å². The predicted molar refractivity (Wildman–Crippen MR) is 99.1 cm³/mol. The van der Waals surface area contributed by atoms with Gasteiger partial charge in [-0.15, -0.1) is 0 Å². The third-order valence-corrected chi connectivity index (χ3v) is 6.03. The predicted octanol–water partition coefficient (Wildman–Crippen LogP) is 3.38. The zero-order valence-corrected chi connectivity index (χ0v) is 15.4. The first-order valence-electron chi connectivity index (χ1n) is 8.01. The van der Waals surface area contributed by atoms with Gasteiger partial charge in [-0.1, -0.05) is 17.7 Å². The van der Waals surface area contributed by atoms with Gasteiger partial charge in [0.2, 0.25) is 15.0 Å². The molecule has 3 aromatic rings. The van der Waals surface area contributed by atoms with E-state index in [1.165, 1.54) is 28.8 Å². The first-order chi connectivity index (χ1) is 12.8. The van der Waals surface area contributed by atoms with Crippen molar-refractivity contribution >= 4 is 33.0 Å². The maximum Gasteiger partial charge on any atom is 0.274 e. The van der Waals surface area contributed by atoms with Gasteiger partial charge in [-0.05, 0) is 42.5 Å². The molecule has 27 heavy (non-hydrogen) atoms. The van der Waals surface area contributed by atoms with Crippen LogP contribution < -0.4 is 5.32 Å². The number of anilines is 1. The molecule has 0 aliphatic carbocycles. The van der Waals surface area contributed by atoms with E-state index in [1.807, 2.05) is 0 Å². The fraction of sp³-hybridized carbons (Fsp3) is 0.111. The summed E-state index contributed by atoms with van der Waals surface area (Å²) in [5.74, 6) is -1.08. The molecule has 0 saturated heterocycles. The topological polar surface area (TPSA) is 81.1 Å². The van der Waals surface area contributed by atoms with Crippen LogP contribution in [0.15, 0.2) is 53.7 Å². The van der Waals surface area contributed by atoms with Crippen LogP contribution >= 0.6 is 11.6 Å². The molecule has 0 spiro atoms. The van der Waals surface area contributed by atoms with E-state index < -0.39 is 21.6 Å². The second-order valence-electron chi connectivity index (χ2n) is 6.03. The van der Waals surface area contributed by atoms with E-state index in [1.54, 1.807) is 24.3 Å².